The predicted molar refractivity (Wildman–Crippen MR) is 91.2 cm³/mol. The molecule has 2 fully saturated rings. The molecule has 1 heterocycles. The fourth-order valence-electron chi connectivity index (χ4n) is 3.54. The van der Waals surface area contributed by atoms with Crippen LogP contribution in [0.2, 0.25) is 5.02 Å². The van der Waals surface area contributed by atoms with Crippen LogP contribution < -0.4 is 4.74 Å². The Morgan fingerprint density at radius 1 is 1.22 bits per heavy atom. The van der Waals surface area contributed by atoms with Crippen molar-refractivity contribution < 1.29 is 14.6 Å². The molecule has 1 N–H and O–H groups in total. The van der Waals surface area contributed by atoms with Gasteiger partial charge in [-0.2, -0.15) is 0 Å². The maximum absolute atomic E-state index is 11.0. The van der Waals surface area contributed by atoms with E-state index in [0.29, 0.717) is 30.8 Å². The molecule has 1 aromatic rings. The van der Waals surface area contributed by atoms with Gasteiger partial charge in [0.05, 0.1) is 13.2 Å². The summed E-state index contributed by atoms with van der Waals surface area (Å²) in [6.45, 7) is 2.75. The van der Waals surface area contributed by atoms with Crippen molar-refractivity contribution >= 4 is 11.6 Å². The molecule has 0 amide bonds. The molecule has 2 aliphatic rings. The third kappa shape index (κ3) is 4.83. The first kappa shape index (κ1) is 17.0. The molecule has 5 heteroatoms. The minimum absolute atomic E-state index is 0.234. The molecule has 0 spiro atoms. The molecular formula is C18H26ClNO3. The number of benzene rings is 1. The Bertz CT molecular complexity index is 490. The van der Waals surface area contributed by atoms with Gasteiger partial charge in [0.1, 0.15) is 18.0 Å². The maximum Gasteiger partial charge on any atom is 0.134 e. The molecule has 0 bridgehead atoms. The Balaban J connectivity index is 1.60. The minimum atomic E-state index is -0.965. The largest absolute Gasteiger partial charge is 0.490 e. The lowest BCUT2D eigenvalue weighted by Gasteiger charge is -2.37. The average Bonchev–Trinajstić information content (AvgIpc) is 2.78. The third-order valence-electron chi connectivity index (χ3n) is 4.80. The zero-order valence-corrected chi connectivity index (χ0v) is 14.3. The first-order valence-corrected chi connectivity index (χ1v) is 8.95. The van der Waals surface area contributed by atoms with Crippen LogP contribution in [0.15, 0.2) is 24.3 Å². The van der Waals surface area contributed by atoms with Crippen LogP contribution in [-0.4, -0.2) is 54.6 Å². The zero-order chi connectivity index (χ0) is 16.1. The summed E-state index contributed by atoms with van der Waals surface area (Å²) in [7, 11) is 0. The van der Waals surface area contributed by atoms with Gasteiger partial charge < -0.3 is 14.6 Å². The number of ether oxygens (including phenoxy) is 2. The number of aliphatic hydroxyl groups is 1. The van der Waals surface area contributed by atoms with E-state index in [2.05, 4.69) is 4.90 Å². The Hall–Kier alpha value is -0.810. The first-order valence-electron chi connectivity index (χ1n) is 8.57. The second kappa shape index (κ2) is 7.84. The molecule has 1 aliphatic carbocycles. The van der Waals surface area contributed by atoms with Crippen molar-refractivity contribution in [1.82, 2.24) is 4.90 Å². The number of rotatable bonds is 4. The monoisotopic (exact) mass is 339 g/mol. The van der Waals surface area contributed by atoms with Crippen molar-refractivity contribution in [3.63, 3.8) is 0 Å². The van der Waals surface area contributed by atoms with E-state index < -0.39 is 5.60 Å². The van der Waals surface area contributed by atoms with Gasteiger partial charge in [0.25, 0.3) is 0 Å². The molecule has 23 heavy (non-hydrogen) atoms. The van der Waals surface area contributed by atoms with Gasteiger partial charge in [-0.25, -0.2) is 0 Å². The lowest BCUT2D eigenvalue weighted by Crippen LogP contribution is -2.51. The van der Waals surface area contributed by atoms with E-state index in [-0.39, 0.29) is 6.61 Å². The fourth-order valence-corrected chi connectivity index (χ4v) is 3.67. The van der Waals surface area contributed by atoms with Gasteiger partial charge in [0.15, 0.2) is 0 Å². The van der Waals surface area contributed by atoms with Crippen molar-refractivity contribution in [1.29, 1.82) is 0 Å². The number of hydrogen-bond acceptors (Lipinski definition) is 4. The van der Waals surface area contributed by atoms with Crippen LogP contribution in [0.25, 0.3) is 0 Å². The number of halogens is 1. The van der Waals surface area contributed by atoms with Crippen LogP contribution in [0.5, 0.6) is 5.75 Å². The summed E-state index contributed by atoms with van der Waals surface area (Å²) >= 11 is 5.88. The summed E-state index contributed by atoms with van der Waals surface area (Å²) in [5, 5.41) is 11.6. The van der Waals surface area contributed by atoms with Gasteiger partial charge in [0, 0.05) is 24.2 Å². The van der Waals surface area contributed by atoms with Gasteiger partial charge in [-0.3, -0.25) is 4.90 Å². The summed E-state index contributed by atoms with van der Waals surface area (Å²) in [4.78, 5) is 2.40. The van der Waals surface area contributed by atoms with E-state index >= 15 is 0 Å². The number of nitrogens with zero attached hydrogens (tertiary/aromatic N) is 1. The Kier molecular flexibility index (Phi) is 5.81. The molecule has 1 saturated carbocycles. The molecule has 0 radical (unpaired) electrons. The van der Waals surface area contributed by atoms with Crippen LogP contribution >= 0.6 is 11.6 Å². The van der Waals surface area contributed by atoms with Crippen LogP contribution in [0.1, 0.15) is 32.1 Å². The van der Waals surface area contributed by atoms with E-state index in [4.69, 9.17) is 21.1 Å². The van der Waals surface area contributed by atoms with E-state index in [9.17, 15) is 5.11 Å². The summed E-state index contributed by atoms with van der Waals surface area (Å²) in [5.41, 5.74) is -0.965. The van der Waals surface area contributed by atoms with Crippen molar-refractivity contribution in [2.24, 2.45) is 0 Å². The van der Waals surface area contributed by atoms with E-state index in [1.807, 2.05) is 12.1 Å². The summed E-state index contributed by atoms with van der Waals surface area (Å²) in [6, 6.07) is 7.80. The second-order valence-electron chi connectivity index (χ2n) is 6.78. The summed E-state index contributed by atoms with van der Waals surface area (Å²) < 4.78 is 11.4. The normalized spacial score (nSPS) is 27.6. The number of hydrogen-bond donors (Lipinski definition) is 1. The lowest BCUT2D eigenvalue weighted by molar-refractivity contribution is -0.0681. The Morgan fingerprint density at radius 3 is 2.70 bits per heavy atom. The van der Waals surface area contributed by atoms with Crippen LogP contribution in [-0.2, 0) is 4.74 Å². The van der Waals surface area contributed by atoms with Gasteiger partial charge in [0.2, 0.25) is 0 Å². The van der Waals surface area contributed by atoms with Gasteiger partial charge in [-0.1, -0.05) is 30.9 Å². The molecule has 1 aliphatic heterocycles. The van der Waals surface area contributed by atoms with Crippen molar-refractivity contribution in [3.8, 4) is 5.75 Å². The highest BCUT2D eigenvalue weighted by atomic mass is 35.5. The summed E-state index contributed by atoms with van der Waals surface area (Å²) in [5.74, 6) is 0.719. The van der Waals surface area contributed by atoms with Crippen molar-refractivity contribution in [2.45, 2.75) is 43.7 Å². The average molecular weight is 340 g/mol. The van der Waals surface area contributed by atoms with Crippen LogP contribution in [0.4, 0.5) is 0 Å². The van der Waals surface area contributed by atoms with Crippen molar-refractivity contribution in [3.05, 3.63) is 29.3 Å². The SMILES string of the molecule is O[C@]1(COc2ccc(Cl)cc2)COCCN(C2CCCCC2)C1. The highest BCUT2D eigenvalue weighted by molar-refractivity contribution is 6.30. The molecule has 1 atom stereocenters. The van der Waals surface area contributed by atoms with Crippen molar-refractivity contribution in [2.75, 3.05) is 32.9 Å². The van der Waals surface area contributed by atoms with E-state index in [0.717, 1.165) is 12.3 Å². The quantitative estimate of drug-likeness (QED) is 0.915. The predicted octanol–water partition coefficient (Wildman–Crippen LogP) is 3.11. The number of β-amino-alcohol motifs (C(OH)–C–C–N with tert-alkyl or cyclic N) is 1. The lowest BCUT2D eigenvalue weighted by atomic mass is 9.93. The molecule has 3 rings (SSSR count). The van der Waals surface area contributed by atoms with Crippen LogP contribution in [0, 0.1) is 0 Å². The fraction of sp³-hybridized carbons (Fsp3) is 0.667. The molecule has 4 nitrogen and oxygen atoms in total. The molecule has 1 aromatic carbocycles. The second-order valence-corrected chi connectivity index (χ2v) is 7.22. The Labute approximate surface area is 143 Å². The highest BCUT2D eigenvalue weighted by Crippen LogP contribution is 2.26. The minimum Gasteiger partial charge on any atom is -0.490 e. The topological polar surface area (TPSA) is 41.9 Å². The van der Waals surface area contributed by atoms with E-state index in [1.165, 1.54) is 32.1 Å². The molecule has 0 aromatic heterocycles. The van der Waals surface area contributed by atoms with Gasteiger partial charge in [-0.05, 0) is 37.1 Å². The maximum atomic E-state index is 11.0. The molecule has 1 saturated heterocycles. The first-order chi connectivity index (χ1) is 11.1. The Morgan fingerprint density at radius 2 is 1.96 bits per heavy atom. The molecular weight excluding hydrogens is 314 g/mol. The molecule has 128 valence electrons. The zero-order valence-electron chi connectivity index (χ0n) is 13.5. The van der Waals surface area contributed by atoms with Gasteiger partial charge in [-0.15, -0.1) is 0 Å². The third-order valence-corrected chi connectivity index (χ3v) is 5.06. The smallest absolute Gasteiger partial charge is 0.134 e. The standard InChI is InChI=1S/C18H26ClNO3/c19-15-6-8-17(9-7-15)23-14-18(21)12-20(10-11-22-13-18)16-4-2-1-3-5-16/h6-9,16,21H,1-5,10-14H2/t18-/m0/s1. The highest BCUT2D eigenvalue weighted by Gasteiger charge is 2.36. The van der Waals surface area contributed by atoms with Gasteiger partial charge >= 0.3 is 0 Å². The van der Waals surface area contributed by atoms with Crippen LogP contribution in [0.3, 0.4) is 0 Å². The van der Waals surface area contributed by atoms with E-state index in [1.54, 1.807) is 12.1 Å². The summed E-state index contributed by atoms with van der Waals surface area (Å²) in [6.07, 6.45) is 6.39. The molecule has 0 unspecified atom stereocenters.